The summed E-state index contributed by atoms with van der Waals surface area (Å²) >= 11 is 0. The zero-order valence-corrected chi connectivity index (χ0v) is 15.2. The molecule has 1 aromatic carbocycles. The van der Waals surface area contributed by atoms with E-state index in [2.05, 4.69) is 6.07 Å². The first kappa shape index (κ1) is 16.2. The summed E-state index contributed by atoms with van der Waals surface area (Å²) in [5.41, 5.74) is 2.48. The number of rotatable bonds is 1. The normalized spacial score (nSPS) is 23.9. The Morgan fingerprint density at radius 3 is 2.64 bits per heavy atom. The van der Waals surface area contributed by atoms with Gasteiger partial charge >= 0.3 is 0 Å². The van der Waals surface area contributed by atoms with E-state index in [1.165, 1.54) is 0 Å². The molecule has 5 nitrogen and oxygen atoms in total. The van der Waals surface area contributed by atoms with E-state index in [1.54, 1.807) is 0 Å². The largest absolute Gasteiger partial charge is 0.345 e. The number of aryl methyl sites for hydroxylation is 2. The van der Waals surface area contributed by atoms with Crippen LogP contribution in [0.2, 0.25) is 0 Å². The lowest BCUT2D eigenvalue weighted by Crippen LogP contribution is -2.48. The molecule has 0 saturated carbocycles. The van der Waals surface area contributed by atoms with Gasteiger partial charge in [-0.2, -0.15) is 0 Å². The monoisotopic (exact) mass is 339 g/mol. The summed E-state index contributed by atoms with van der Waals surface area (Å²) in [5, 5.41) is 1.12. The molecule has 2 amide bonds. The third kappa shape index (κ3) is 2.29. The van der Waals surface area contributed by atoms with Crippen molar-refractivity contribution in [2.75, 3.05) is 26.7 Å². The van der Waals surface area contributed by atoms with Crippen LogP contribution in [0.3, 0.4) is 0 Å². The van der Waals surface area contributed by atoms with Gasteiger partial charge < -0.3 is 14.4 Å². The van der Waals surface area contributed by atoms with Crippen molar-refractivity contribution < 1.29 is 9.59 Å². The summed E-state index contributed by atoms with van der Waals surface area (Å²) in [4.78, 5) is 29.7. The van der Waals surface area contributed by atoms with Gasteiger partial charge in [-0.1, -0.05) is 18.2 Å². The molecule has 0 unspecified atom stereocenters. The predicted molar refractivity (Wildman–Crippen MR) is 97.5 cm³/mol. The molecule has 3 heterocycles. The summed E-state index contributed by atoms with van der Waals surface area (Å²) in [6, 6.07) is 8.11. The number of carbonyl (C=O) groups excluding carboxylic acids is 2. The number of amides is 2. The lowest BCUT2D eigenvalue weighted by atomic mass is 9.78. The number of likely N-dealkylation sites (tertiary alicyclic amines) is 2. The third-order valence-electron chi connectivity index (χ3n) is 6.15. The van der Waals surface area contributed by atoms with E-state index in [0.717, 1.165) is 48.0 Å². The Bertz CT molecular complexity index is 830. The smallest absolute Gasteiger partial charge is 0.270 e. The van der Waals surface area contributed by atoms with E-state index in [9.17, 15) is 9.59 Å². The summed E-state index contributed by atoms with van der Waals surface area (Å²) in [5.74, 6) is 0.261. The van der Waals surface area contributed by atoms with Crippen LogP contribution in [-0.2, 0) is 11.8 Å². The Hall–Kier alpha value is -2.30. The maximum Gasteiger partial charge on any atom is 0.270 e. The third-order valence-corrected chi connectivity index (χ3v) is 6.15. The molecule has 0 radical (unpaired) electrons. The molecule has 4 rings (SSSR count). The zero-order valence-electron chi connectivity index (χ0n) is 15.2. The van der Waals surface area contributed by atoms with Gasteiger partial charge in [-0.05, 0) is 37.8 Å². The van der Waals surface area contributed by atoms with Gasteiger partial charge in [0.1, 0.15) is 5.69 Å². The maximum atomic E-state index is 13.3. The fourth-order valence-electron chi connectivity index (χ4n) is 4.73. The molecular weight excluding hydrogens is 314 g/mol. The van der Waals surface area contributed by atoms with Gasteiger partial charge in [-0.15, -0.1) is 0 Å². The van der Waals surface area contributed by atoms with Gasteiger partial charge in [0.15, 0.2) is 0 Å². The number of para-hydroxylation sites is 1. The highest BCUT2D eigenvalue weighted by Gasteiger charge is 2.49. The van der Waals surface area contributed by atoms with E-state index in [0.29, 0.717) is 13.1 Å². The molecule has 25 heavy (non-hydrogen) atoms. The average molecular weight is 339 g/mol. The van der Waals surface area contributed by atoms with Gasteiger partial charge in [0, 0.05) is 44.6 Å². The van der Waals surface area contributed by atoms with Gasteiger partial charge in [0.05, 0.1) is 5.41 Å². The number of carbonyl (C=O) groups is 2. The van der Waals surface area contributed by atoms with Gasteiger partial charge in [0.2, 0.25) is 5.91 Å². The minimum absolute atomic E-state index is 0.0501. The second-order valence-electron chi connectivity index (χ2n) is 7.64. The molecule has 2 aliphatic heterocycles. The number of benzene rings is 1. The molecule has 2 aromatic rings. The number of hydrogen-bond acceptors (Lipinski definition) is 2. The van der Waals surface area contributed by atoms with Gasteiger partial charge in [-0.3, -0.25) is 9.59 Å². The number of piperidine rings is 1. The van der Waals surface area contributed by atoms with Crippen molar-refractivity contribution in [1.82, 2.24) is 14.4 Å². The number of fused-ring (bicyclic) bond motifs is 1. The van der Waals surface area contributed by atoms with Crippen molar-refractivity contribution >= 4 is 22.7 Å². The first-order valence-corrected chi connectivity index (χ1v) is 9.03. The molecule has 0 aliphatic carbocycles. The van der Waals surface area contributed by atoms with E-state index < -0.39 is 0 Å². The molecular formula is C20H25N3O2. The predicted octanol–water partition coefficient (Wildman–Crippen LogP) is 2.57. The van der Waals surface area contributed by atoms with E-state index in [-0.39, 0.29) is 17.2 Å². The van der Waals surface area contributed by atoms with Crippen molar-refractivity contribution in [1.29, 1.82) is 0 Å². The molecule has 1 atom stereocenters. The highest BCUT2D eigenvalue weighted by Crippen LogP contribution is 2.40. The van der Waals surface area contributed by atoms with Crippen molar-refractivity contribution in [3.63, 3.8) is 0 Å². The highest BCUT2D eigenvalue weighted by molar-refractivity contribution is 6.02. The number of aromatic nitrogens is 1. The fraction of sp³-hybridized carbons (Fsp3) is 0.500. The Morgan fingerprint density at radius 2 is 1.88 bits per heavy atom. The Kier molecular flexibility index (Phi) is 3.63. The van der Waals surface area contributed by atoms with Crippen LogP contribution in [0.15, 0.2) is 24.3 Å². The van der Waals surface area contributed by atoms with Crippen LogP contribution in [-0.4, -0.2) is 52.9 Å². The second-order valence-corrected chi connectivity index (χ2v) is 7.64. The molecule has 132 valence electrons. The number of nitrogens with zero attached hydrogens (tertiary/aromatic N) is 3. The molecule has 2 saturated heterocycles. The maximum absolute atomic E-state index is 13.3. The second kappa shape index (κ2) is 5.61. The first-order chi connectivity index (χ1) is 11.9. The molecule has 2 aliphatic rings. The van der Waals surface area contributed by atoms with E-state index in [1.807, 2.05) is 53.6 Å². The average Bonchev–Trinajstić information content (AvgIpc) is 3.14. The van der Waals surface area contributed by atoms with Gasteiger partial charge in [-0.25, -0.2) is 0 Å². The highest BCUT2D eigenvalue weighted by atomic mass is 16.2. The molecule has 5 heteroatoms. The van der Waals surface area contributed by atoms with Crippen molar-refractivity contribution in [2.24, 2.45) is 12.5 Å². The number of hydrogen-bond donors (Lipinski definition) is 0. The Balaban J connectivity index is 1.66. The van der Waals surface area contributed by atoms with Crippen LogP contribution in [0.25, 0.3) is 10.9 Å². The molecule has 0 bridgehead atoms. The summed E-state index contributed by atoms with van der Waals surface area (Å²) < 4.78 is 1.99. The van der Waals surface area contributed by atoms with Crippen molar-refractivity contribution in [2.45, 2.75) is 26.2 Å². The summed E-state index contributed by atoms with van der Waals surface area (Å²) in [6.07, 6.45) is 2.70. The minimum Gasteiger partial charge on any atom is -0.345 e. The minimum atomic E-state index is -0.360. The van der Waals surface area contributed by atoms with E-state index >= 15 is 0 Å². The van der Waals surface area contributed by atoms with Crippen molar-refractivity contribution in [3.8, 4) is 0 Å². The quantitative estimate of drug-likeness (QED) is 0.802. The Labute approximate surface area is 148 Å². The topological polar surface area (TPSA) is 45.6 Å². The molecule has 0 N–H and O–H groups in total. The standard InChI is InChI=1S/C20H25N3O2/c1-14-15-7-4-5-8-16(15)22(3)17(14)18(24)23-12-10-20(13-23)9-6-11-21(2)19(20)25/h4-5,7-8H,6,9-13H2,1-3H3/t20-/m0/s1. The lowest BCUT2D eigenvalue weighted by Gasteiger charge is -2.37. The first-order valence-electron chi connectivity index (χ1n) is 9.03. The van der Waals surface area contributed by atoms with Crippen LogP contribution in [0.4, 0.5) is 0 Å². The van der Waals surface area contributed by atoms with Crippen LogP contribution in [0, 0.1) is 12.3 Å². The molecule has 1 aromatic heterocycles. The SMILES string of the molecule is Cc1c(C(=O)N2CC[C@@]3(CCCN(C)C3=O)C2)n(C)c2ccccc12. The van der Waals surface area contributed by atoms with Gasteiger partial charge in [0.25, 0.3) is 5.91 Å². The van der Waals surface area contributed by atoms with Crippen LogP contribution >= 0.6 is 0 Å². The van der Waals surface area contributed by atoms with E-state index in [4.69, 9.17) is 0 Å². The summed E-state index contributed by atoms with van der Waals surface area (Å²) in [6.45, 7) is 4.06. The Morgan fingerprint density at radius 1 is 1.12 bits per heavy atom. The van der Waals surface area contributed by atoms with Crippen LogP contribution < -0.4 is 0 Å². The lowest BCUT2D eigenvalue weighted by molar-refractivity contribution is -0.143. The van der Waals surface area contributed by atoms with Crippen LogP contribution in [0.1, 0.15) is 35.3 Å². The fourth-order valence-corrected chi connectivity index (χ4v) is 4.73. The summed E-state index contributed by atoms with van der Waals surface area (Å²) in [7, 11) is 3.83. The molecule has 2 fully saturated rings. The van der Waals surface area contributed by atoms with Crippen molar-refractivity contribution in [3.05, 3.63) is 35.5 Å². The van der Waals surface area contributed by atoms with Crippen LogP contribution in [0.5, 0.6) is 0 Å². The molecule has 1 spiro atoms. The zero-order chi connectivity index (χ0) is 17.8.